The lowest BCUT2D eigenvalue weighted by atomic mass is 9.95. The normalized spacial score (nSPS) is 16.1. The summed E-state index contributed by atoms with van der Waals surface area (Å²) in [5.41, 5.74) is 0. The molecule has 5 nitrogen and oxygen atoms in total. The van der Waals surface area contributed by atoms with E-state index in [1.54, 1.807) is 25.1 Å². The van der Waals surface area contributed by atoms with Gasteiger partial charge in [-0.1, -0.05) is 56.5 Å². The van der Waals surface area contributed by atoms with Gasteiger partial charge in [-0.25, -0.2) is 8.42 Å². The number of rotatable bonds is 6. The molecule has 6 heteroatoms. The van der Waals surface area contributed by atoms with Gasteiger partial charge in [-0.2, -0.15) is 4.31 Å². The van der Waals surface area contributed by atoms with Gasteiger partial charge in [0.2, 0.25) is 15.9 Å². The summed E-state index contributed by atoms with van der Waals surface area (Å²) in [6.45, 7) is 1.88. The molecular weight excluding hydrogens is 348 g/mol. The van der Waals surface area contributed by atoms with Crippen molar-refractivity contribution in [3.05, 3.63) is 42.5 Å². The molecule has 2 aromatic carbocycles. The third-order valence-corrected chi connectivity index (χ3v) is 6.92. The highest BCUT2D eigenvalue weighted by Crippen LogP contribution is 2.22. The number of likely N-dealkylation sites (N-methyl/N-ethyl adjacent to an activating group) is 1. The summed E-state index contributed by atoms with van der Waals surface area (Å²) in [6.07, 6.45) is 5.42. The summed E-state index contributed by atoms with van der Waals surface area (Å²) >= 11 is 0. The van der Waals surface area contributed by atoms with Crippen molar-refractivity contribution < 1.29 is 13.2 Å². The fourth-order valence-electron chi connectivity index (χ4n) is 3.52. The summed E-state index contributed by atoms with van der Waals surface area (Å²) in [4.78, 5) is 12.6. The van der Waals surface area contributed by atoms with Crippen LogP contribution >= 0.6 is 0 Å². The summed E-state index contributed by atoms with van der Waals surface area (Å²) in [5.74, 6) is -0.219. The average Bonchev–Trinajstić information content (AvgIpc) is 2.66. The minimum atomic E-state index is -3.71. The molecule has 2 aromatic rings. The van der Waals surface area contributed by atoms with Gasteiger partial charge in [0, 0.05) is 12.6 Å². The summed E-state index contributed by atoms with van der Waals surface area (Å²) in [5, 5.41) is 4.85. The second kappa shape index (κ2) is 8.18. The van der Waals surface area contributed by atoms with Crippen molar-refractivity contribution in [2.75, 3.05) is 13.1 Å². The molecule has 0 radical (unpaired) electrons. The lowest BCUT2D eigenvalue weighted by molar-refractivity contribution is -0.122. The zero-order chi connectivity index (χ0) is 18.6. The predicted octanol–water partition coefficient (Wildman–Crippen LogP) is 3.30. The van der Waals surface area contributed by atoms with Crippen LogP contribution in [0.3, 0.4) is 0 Å². The number of nitrogens with zero attached hydrogens (tertiary/aromatic N) is 1. The summed E-state index contributed by atoms with van der Waals surface area (Å²) < 4.78 is 27.2. The SMILES string of the molecule is CCN(CC(=O)NC1CCCCC1)S(=O)(=O)c1ccc2ccccc2c1. The molecule has 0 unspecified atom stereocenters. The number of hydrogen-bond donors (Lipinski definition) is 1. The zero-order valence-corrected chi connectivity index (χ0v) is 16.0. The molecule has 0 bridgehead atoms. The van der Waals surface area contributed by atoms with E-state index >= 15 is 0 Å². The van der Waals surface area contributed by atoms with Crippen LogP contribution in [0.1, 0.15) is 39.0 Å². The van der Waals surface area contributed by atoms with Gasteiger partial charge in [-0.15, -0.1) is 0 Å². The summed E-state index contributed by atoms with van der Waals surface area (Å²) in [6, 6.07) is 12.9. The molecule has 3 rings (SSSR count). The zero-order valence-electron chi connectivity index (χ0n) is 15.1. The Kier molecular flexibility index (Phi) is 5.94. The van der Waals surface area contributed by atoms with E-state index in [4.69, 9.17) is 0 Å². The fraction of sp³-hybridized carbons (Fsp3) is 0.450. The van der Waals surface area contributed by atoms with E-state index < -0.39 is 10.0 Å². The molecule has 0 saturated heterocycles. The molecule has 26 heavy (non-hydrogen) atoms. The fourth-order valence-corrected chi connectivity index (χ4v) is 4.97. The first-order chi connectivity index (χ1) is 12.5. The number of fused-ring (bicyclic) bond motifs is 1. The van der Waals surface area contributed by atoms with Crippen LogP contribution in [0.2, 0.25) is 0 Å². The Morgan fingerprint density at radius 2 is 1.77 bits per heavy atom. The van der Waals surface area contributed by atoms with Gasteiger partial charge in [-0.3, -0.25) is 4.79 Å². The third-order valence-electron chi connectivity index (χ3n) is 5.00. The molecule has 0 spiro atoms. The van der Waals surface area contributed by atoms with E-state index in [0.29, 0.717) is 0 Å². The van der Waals surface area contributed by atoms with Gasteiger partial charge < -0.3 is 5.32 Å². The number of carbonyl (C=O) groups excluding carboxylic acids is 1. The van der Waals surface area contributed by atoms with Crippen LogP contribution < -0.4 is 5.32 Å². The van der Waals surface area contributed by atoms with Crippen molar-refractivity contribution in [1.29, 1.82) is 0 Å². The number of carbonyl (C=O) groups is 1. The van der Waals surface area contributed by atoms with Gasteiger partial charge >= 0.3 is 0 Å². The first kappa shape index (κ1) is 18.9. The molecule has 1 aliphatic rings. The maximum absolute atomic E-state index is 13.0. The standard InChI is InChI=1S/C20H26N2O3S/c1-2-22(15-20(23)21-18-10-4-3-5-11-18)26(24,25)19-13-12-16-8-6-7-9-17(16)14-19/h6-9,12-14,18H,2-5,10-11,15H2,1H3,(H,21,23). The van der Waals surface area contributed by atoms with Crippen molar-refractivity contribution in [2.45, 2.75) is 50.0 Å². The molecule has 0 aromatic heterocycles. The Balaban J connectivity index is 1.75. The second-order valence-electron chi connectivity index (χ2n) is 6.84. The van der Waals surface area contributed by atoms with Crippen LogP contribution in [-0.2, 0) is 14.8 Å². The molecular formula is C20H26N2O3S. The Labute approximate surface area is 155 Å². The Bertz CT molecular complexity index is 874. The Morgan fingerprint density at radius 3 is 2.46 bits per heavy atom. The third kappa shape index (κ3) is 4.24. The first-order valence-corrected chi connectivity index (χ1v) is 10.7. The van der Waals surface area contributed by atoms with E-state index in [9.17, 15) is 13.2 Å². The van der Waals surface area contributed by atoms with Crippen molar-refractivity contribution in [3.63, 3.8) is 0 Å². The highest BCUT2D eigenvalue weighted by atomic mass is 32.2. The van der Waals surface area contributed by atoms with Crippen LogP contribution in [0.4, 0.5) is 0 Å². The lowest BCUT2D eigenvalue weighted by Crippen LogP contribution is -2.44. The van der Waals surface area contributed by atoms with Crippen molar-refractivity contribution in [1.82, 2.24) is 9.62 Å². The van der Waals surface area contributed by atoms with Gasteiger partial charge in [0.15, 0.2) is 0 Å². The van der Waals surface area contributed by atoms with E-state index in [-0.39, 0.29) is 29.9 Å². The highest BCUT2D eigenvalue weighted by molar-refractivity contribution is 7.89. The number of benzene rings is 2. The smallest absolute Gasteiger partial charge is 0.243 e. The Morgan fingerprint density at radius 1 is 1.08 bits per heavy atom. The largest absolute Gasteiger partial charge is 0.352 e. The lowest BCUT2D eigenvalue weighted by Gasteiger charge is -2.25. The van der Waals surface area contributed by atoms with E-state index in [1.807, 2.05) is 24.3 Å². The molecule has 1 amide bonds. The minimum Gasteiger partial charge on any atom is -0.352 e. The summed E-state index contributed by atoms with van der Waals surface area (Å²) in [7, 11) is -3.71. The maximum atomic E-state index is 13.0. The predicted molar refractivity (Wildman–Crippen MR) is 103 cm³/mol. The van der Waals surface area contributed by atoms with Gasteiger partial charge in [0.1, 0.15) is 0 Å². The van der Waals surface area contributed by atoms with Gasteiger partial charge in [-0.05, 0) is 35.7 Å². The Hall–Kier alpha value is -1.92. The molecule has 1 aliphatic carbocycles. The van der Waals surface area contributed by atoms with Crippen molar-refractivity contribution in [2.24, 2.45) is 0 Å². The van der Waals surface area contributed by atoms with Crippen LogP contribution in [0.25, 0.3) is 10.8 Å². The van der Waals surface area contributed by atoms with Gasteiger partial charge in [0.05, 0.1) is 11.4 Å². The van der Waals surface area contributed by atoms with E-state index in [2.05, 4.69) is 5.32 Å². The second-order valence-corrected chi connectivity index (χ2v) is 8.78. The molecule has 0 heterocycles. The van der Waals surface area contributed by atoms with E-state index in [1.165, 1.54) is 10.7 Å². The molecule has 1 saturated carbocycles. The maximum Gasteiger partial charge on any atom is 0.243 e. The highest BCUT2D eigenvalue weighted by Gasteiger charge is 2.26. The van der Waals surface area contributed by atoms with Crippen LogP contribution in [0.15, 0.2) is 47.4 Å². The number of nitrogens with one attached hydrogen (secondary N) is 1. The minimum absolute atomic E-state index is 0.137. The molecule has 0 atom stereocenters. The van der Waals surface area contributed by atoms with Gasteiger partial charge in [0.25, 0.3) is 0 Å². The van der Waals surface area contributed by atoms with Crippen LogP contribution in [0.5, 0.6) is 0 Å². The number of hydrogen-bond acceptors (Lipinski definition) is 3. The first-order valence-electron chi connectivity index (χ1n) is 9.29. The van der Waals surface area contributed by atoms with Crippen molar-refractivity contribution in [3.8, 4) is 0 Å². The van der Waals surface area contributed by atoms with E-state index in [0.717, 1.165) is 36.5 Å². The molecule has 1 N–H and O–H groups in total. The quantitative estimate of drug-likeness (QED) is 0.844. The van der Waals surface area contributed by atoms with Crippen molar-refractivity contribution >= 4 is 26.7 Å². The number of sulfonamides is 1. The van der Waals surface area contributed by atoms with Crippen LogP contribution in [0, 0.1) is 0 Å². The van der Waals surface area contributed by atoms with Crippen LogP contribution in [-0.4, -0.2) is 37.8 Å². The average molecular weight is 375 g/mol. The molecule has 140 valence electrons. The number of amides is 1. The molecule has 1 fully saturated rings. The topological polar surface area (TPSA) is 66.5 Å². The monoisotopic (exact) mass is 374 g/mol. The molecule has 0 aliphatic heterocycles.